The summed E-state index contributed by atoms with van der Waals surface area (Å²) in [6.45, 7) is 0. The molecule has 0 atom stereocenters. The first-order valence-electron chi connectivity index (χ1n) is 7.00. The van der Waals surface area contributed by atoms with Crippen LogP contribution >= 0.6 is 11.3 Å². The monoisotopic (exact) mass is 328 g/mol. The zero-order valence-corrected chi connectivity index (χ0v) is 13.9. The quantitative estimate of drug-likeness (QED) is 0.667. The summed E-state index contributed by atoms with van der Waals surface area (Å²) in [6, 6.07) is 13.4. The summed E-state index contributed by atoms with van der Waals surface area (Å²) in [5.41, 5.74) is 1.32. The molecule has 0 unspecified atom stereocenters. The first kappa shape index (κ1) is 15.4. The van der Waals surface area contributed by atoms with Crippen molar-refractivity contribution in [3.63, 3.8) is 0 Å². The van der Waals surface area contributed by atoms with E-state index in [0.717, 1.165) is 26.3 Å². The van der Waals surface area contributed by atoms with E-state index >= 15 is 0 Å². The van der Waals surface area contributed by atoms with Gasteiger partial charge >= 0.3 is 5.97 Å². The van der Waals surface area contributed by atoms with Crippen LogP contribution in [0.2, 0.25) is 0 Å². The number of thiophene rings is 1. The maximum absolute atomic E-state index is 12.1. The Hall–Kier alpha value is -2.53. The minimum absolute atomic E-state index is 0.381. The molecule has 0 aliphatic carbocycles. The van der Waals surface area contributed by atoms with Crippen LogP contribution in [0.1, 0.15) is 10.4 Å². The lowest BCUT2D eigenvalue weighted by molar-refractivity contribution is 0.0601. The van der Waals surface area contributed by atoms with E-state index in [2.05, 4.69) is 6.07 Å². The van der Waals surface area contributed by atoms with Gasteiger partial charge in [0.1, 0.15) is 11.5 Å². The van der Waals surface area contributed by atoms with Crippen molar-refractivity contribution in [3.8, 4) is 21.9 Å². The first-order chi connectivity index (χ1) is 11.2. The van der Waals surface area contributed by atoms with Crippen LogP contribution in [-0.2, 0) is 4.74 Å². The Bertz CT molecular complexity index is 867. The average molecular weight is 328 g/mol. The Kier molecular flexibility index (Phi) is 4.21. The SMILES string of the molecule is COC(=O)c1cc(OC)ccc1-c1cc2ccc(OC)cc2s1. The van der Waals surface area contributed by atoms with Gasteiger partial charge in [-0.25, -0.2) is 4.79 Å². The van der Waals surface area contributed by atoms with Crippen molar-refractivity contribution < 1.29 is 19.0 Å². The van der Waals surface area contributed by atoms with E-state index in [0.29, 0.717) is 11.3 Å². The van der Waals surface area contributed by atoms with Gasteiger partial charge in [0, 0.05) is 15.1 Å². The summed E-state index contributed by atoms with van der Waals surface area (Å²) in [5.74, 6) is 1.06. The van der Waals surface area contributed by atoms with E-state index in [-0.39, 0.29) is 5.97 Å². The summed E-state index contributed by atoms with van der Waals surface area (Å²) in [6.07, 6.45) is 0. The predicted octanol–water partition coefficient (Wildman–Crippen LogP) is 4.37. The van der Waals surface area contributed by atoms with E-state index in [4.69, 9.17) is 14.2 Å². The molecule has 3 rings (SSSR count). The molecule has 0 saturated carbocycles. The molecule has 4 nitrogen and oxygen atoms in total. The molecule has 1 heterocycles. The third-order valence-corrected chi connectivity index (χ3v) is 4.76. The number of benzene rings is 2. The van der Waals surface area contributed by atoms with Crippen molar-refractivity contribution in [1.82, 2.24) is 0 Å². The van der Waals surface area contributed by atoms with Crippen molar-refractivity contribution in [2.24, 2.45) is 0 Å². The standard InChI is InChI=1S/C18H16O4S/c1-20-12-6-7-14(15(9-12)18(19)22-3)17-8-11-4-5-13(21-2)10-16(11)23-17/h4-10H,1-3H3. The Morgan fingerprint density at radius 2 is 1.61 bits per heavy atom. The number of rotatable bonds is 4. The molecule has 1 aromatic heterocycles. The molecule has 0 fully saturated rings. The predicted molar refractivity (Wildman–Crippen MR) is 91.7 cm³/mol. The highest BCUT2D eigenvalue weighted by molar-refractivity contribution is 7.22. The first-order valence-corrected chi connectivity index (χ1v) is 7.82. The number of ether oxygens (including phenoxy) is 3. The van der Waals surface area contributed by atoms with Gasteiger partial charge in [-0.2, -0.15) is 0 Å². The van der Waals surface area contributed by atoms with Crippen LogP contribution in [0.3, 0.4) is 0 Å². The second-order valence-corrected chi connectivity index (χ2v) is 6.00. The summed E-state index contributed by atoms with van der Waals surface area (Å²) < 4.78 is 16.5. The molecule has 0 saturated heterocycles. The van der Waals surface area contributed by atoms with Gasteiger partial charge in [-0.1, -0.05) is 0 Å². The normalized spacial score (nSPS) is 10.6. The maximum atomic E-state index is 12.1. The van der Waals surface area contributed by atoms with E-state index in [9.17, 15) is 4.79 Å². The number of carbonyl (C=O) groups is 1. The van der Waals surface area contributed by atoms with Crippen molar-refractivity contribution in [3.05, 3.63) is 48.0 Å². The van der Waals surface area contributed by atoms with Crippen LogP contribution in [0.15, 0.2) is 42.5 Å². The van der Waals surface area contributed by atoms with Crippen LogP contribution in [0.5, 0.6) is 11.5 Å². The molecule has 0 radical (unpaired) electrons. The second kappa shape index (κ2) is 6.30. The van der Waals surface area contributed by atoms with Gasteiger partial charge in [-0.3, -0.25) is 0 Å². The van der Waals surface area contributed by atoms with Crippen LogP contribution in [0.25, 0.3) is 20.5 Å². The third kappa shape index (κ3) is 2.87. The van der Waals surface area contributed by atoms with E-state index in [1.54, 1.807) is 31.6 Å². The fourth-order valence-corrected chi connectivity index (χ4v) is 3.55. The minimum atomic E-state index is -0.381. The number of hydrogen-bond acceptors (Lipinski definition) is 5. The largest absolute Gasteiger partial charge is 0.497 e. The van der Waals surface area contributed by atoms with Gasteiger partial charge < -0.3 is 14.2 Å². The smallest absolute Gasteiger partial charge is 0.338 e. The van der Waals surface area contributed by atoms with E-state index in [1.165, 1.54) is 7.11 Å². The van der Waals surface area contributed by atoms with Crippen LogP contribution in [0.4, 0.5) is 0 Å². The number of methoxy groups -OCH3 is 3. The molecule has 118 valence electrons. The third-order valence-electron chi connectivity index (χ3n) is 3.62. The molecule has 23 heavy (non-hydrogen) atoms. The fourth-order valence-electron chi connectivity index (χ4n) is 2.42. The van der Waals surface area contributed by atoms with Gasteiger partial charge in [0.2, 0.25) is 0 Å². The molecule has 3 aromatic rings. The number of hydrogen-bond donors (Lipinski definition) is 0. The van der Waals surface area contributed by atoms with Crippen molar-refractivity contribution >= 4 is 27.4 Å². The topological polar surface area (TPSA) is 44.8 Å². The lowest BCUT2D eigenvalue weighted by Gasteiger charge is -2.08. The molecule has 2 aromatic carbocycles. The van der Waals surface area contributed by atoms with Gasteiger partial charge in [-0.05, 0) is 47.9 Å². The Morgan fingerprint density at radius 3 is 2.30 bits per heavy atom. The van der Waals surface area contributed by atoms with Crippen LogP contribution in [-0.4, -0.2) is 27.3 Å². The Balaban J connectivity index is 2.15. The lowest BCUT2D eigenvalue weighted by Crippen LogP contribution is -2.03. The fraction of sp³-hybridized carbons (Fsp3) is 0.167. The molecule has 0 amide bonds. The average Bonchev–Trinajstić information content (AvgIpc) is 3.03. The molecule has 0 aliphatic rings. The van der Waals surface area contributed by atoms with Gasteiger partial charge in [0.25, 0.3) is 0 Å². The Morgan fingerprint density at radius 1 is 0.913 bits per heavy atom. The van der Waals surface area contributed by atoms with Crippen LogP contribution < -0.4 is 9.47 Å². The van der Waals surface area contributed by atoms with Crippen molar-refractivity contribution in [2.45, 2.75) is 0 Å². The summed E-state index contributed by atoms with van der Waals surface area (Å²) in [5, 5.41) is 1.11. The molecular formula is C18H16O4S. The lowest BCUT2D eigenvalue weighted by atomic mass is 10.0. The zero-order valence-electron chi connectivity index (χ0n) is 13.1. The van der Waals surface area contributed by atoms with Gasteiger partial charge in [0.15, 0.2) is 0 Å². The molecule has 5 heteroatoms. The highest BCUT2D eigenvalue weighted by Gasteiger charge is 2.16. The van der Waals surface area contributed by atoms with E-state index in [1.807, 2.05) is 30.3 Å². The molecular weight excluding hydrogens is 312 g/mol. The maximum Gasteiger partial charge on any atom is 0.338 e. The summed E-state index contributed by atoms with van der Waals surface area (Å²) in [7, 11) is 4.59. The molecule has 0 bridgehead atoms. The number of fused-ring (bicyclic) bond motifs is 1. The minimum Gasteiger partial charge on any atom is -0.497 e. The molecule has 0 N–H and O–H groups in total. The zero-order chi connectivity index (χ0) is 16.4. The highest BCUT2D eigenvalue weighted by Crippen LogP contribution is 2.38. The van der Waals surface area contributed by atoms with Gasteiger partial charge in [-0.15, -0.1) is 11.3 Å². The molecule has 0 aliphatic heterocycles. The highest BCUT2D eigenvalue weighted by atomic mass is 32.1. The van der Waals surface area contributed by atoms with Gasteiger partial charge in [0.05, 0.1) is 26.9 Å². The Labute approximate surface area is 138 Å². The van der Waals surface area contributed by atoms with Crippen LogP contribution in [0, 0.1) is 0 Å². The van der Waals surface area contributed by atoms with E-state index < -0.39 is 0 Å². The summed E-state index contributed by atoms with van der Waals surface area (Å²) in [4.78, 5) is 13.1. The second-order valence-electron chi connectivity index (χ2n) is 4.92. The number of esters is 1. The molecule has 0 spiro atoms. The van der Waals surface area contributed by atoms with Crippen molar-refractivity contribution in [2.75, 3.05) is 21.3 Å². The number of carbonyl (C=O) groups excluding carboxylic acids is 1. The summed E-state index contributed by atoms with van der Waals surface area (Å²) >= 11 is 1.61. The van der Waals surface area contributed by atoms with Crippen molar-refractivity contribution in [1.29, 1.82) is 0 Å².